The van der Waals surface area contributed by atoms with Crippen molar-refractivity contribution in [1.29, 1.82) is 0 Å². The maximum Gasteiger partial charge on any atom is 0.264 e. The normalized spacial score (nSPS) is 31.0. The highest BCUT2D eigenvalue weighted by Crippen LogP contribution is 2.47. The summed E-state index contributed by atoms with van der Waals surface area (Å²) in [6.07, 6.45) is 9.95. The van der Waals surface area contributed by atoms with Gasteiger partial charge in [-0.2, -0.15) is 0 Å². The first-order valence-electron chi connectivity index (χ1n) is 15.4. The van der Waals surface area contributed by atoms with Gasteiger partial charge in [-0.1, -0.05) is 29.8 Å². The molecule has 0 aromatic heterocycles. The molecule has 10 heteroatoms. The van der Waals surface area contributed by atoms with Crippen LogP contribution in [-0.2, 0) is 26.6 Å². The van der Waals surface area contributed by atoms with E-state index in [4.69, 9.17) is 21.1 Å². The number of anilines is 1. The number of hydrogen-bond donors (Lipinski definition) is 2. The largest absolute Gasteiger partial charge is 0.490 e. The summed E-state index contributed by atoms with van der Waals surface area (Å²) in [5.41, 5.74) is 3.34. The molecule has 43 heavy (non-hydrogen) atoms. The van der Waals surface area contributed by atoms with Crippen LogP contribution in [0.5, 0.6) is 5.75 Å². The van der Waals surface area contributed by atoms with Crippen LogP contribution >= 0.6 is 11.6 Å². The van der Waals surface area contributed by atoms with Crippen molar-refractivity contribution < 1.29 is 27.8 Å². The molecular weight excluding hydrogens is 588 g/mol. The van der Waals surface area contributed by atoms with Crippen LogP contribution in [0.15, 0.2) is 48.6 Å². The lowest BCUT2D eigenvalue weighted by Crippen LogP contribution is -2.49. The summed E-state index contributed by atoms with van der Waals surface area (Å²) < 4.78 is 41.3. The van der Waals surface area contributed by atoms with E-state index in [0.717, 1.165) is 49.4 Å². The lowest BCUT2D eigenvalue weighted by atomic mass is 9.68. The molecule has 232 valence electrons. The number of amides is 1. The number of ether oxygens (including phenoxy) is 2. The van der Waals surface area contributed by atoms with Gasteiger partial charge in [-0.15, -0.1) is 0 Å². The van der Waals surface area contributed by atoms with Crippen molar-refractivity contribution in [3.63, 3.8) is 0 Å². The average molecular weight is 629 g/mol. The molecule has 8 nitrogen and oxygen atoms in total. The second kappa shape index (κ2) is 12.4. The molecule has 1 amide bonds. The van der Waals surface area contributed by atoms with E-state index in [1.165, 1.54) is 11.1 Å². The smallest absolute Gasteiger partial charge is 0.264 e. The standard InChI is InChI=1S/C33H41ClN2O6S/c1-41-30-7-3-2-6-26(14-16-37)43(39,40)35-32(38)23-9-13-31-29(18-23)36(19-24-8-11-27(24)30)20-33(21-42-31)15-4-5-22-17-25(34)10-12-28(22)33/h3,7,9-10,12-13,17-18,24,26-27,30,37H,2,4-6,8,11,14-16,19-21H2,1H3,(H,35,38)/b7-3+/t24-,26-,27+,30-,33-/m0/s1. The molecule has 4 aliphatic rings. The third kappa shape index (κ3) is 6.06. The fourth-order valence-corrected chi connectivity index (χ4v) is 9.17. The van der Waals surface area contributed by atoms with Crippen molar-refractivity contribution in [2.45, 2.75) is 68.1 Å². The fourth-order valence-electron chi connectivity index (χ4n) is 7.57. The lowest BCUT2D eigenvalue weighted by Gasteiger charge is -2.46. The minimum Gasteiger partial charge on any atom is -0.490 e. The molecule has 2 aromatic carbocycles. The molecule has 2 aliphatic carbocycles. The van der Waals surface area contributed by atoms with Gasteiger partial charge in [-0.25, -0.2) is 13.1 Å². The highest BCUT2D eigenvalue weighted by atomic mass is 35.5. The Hall–Kier alpha value is -2.59. The quantitative estimate of drug-likeness (QED) is 0.460. The summed E-state index contributed by atoms with van der Waals surface area (Å²) in [6, 6.07) is 11.4. The minimum atomic E-state index is -4.02. The number of nitrogens with one attached hydrogen (secondary N) is 1. The summed E-state index contributed by atoms with van der Waals surface area (Å²) in [4.78, 5) is 15.8. The van der Waals surface area contributed by atoms with Gasteiger partial charge in [0.2, 0.25) is 10.0 Å². The monoisotopic (exact) mass is 628 g/mol. The first-order chi connectivity index (χ1) is 20.7. The van der Waals surface area contributed by atoms with Crippen LogP contribution in [0.3, 0.4) is 0 Å². The van der Waals surface area contributed by atoms with E-state index in [1.807, 2.05) is 12.1 Å². The number of aliphatic hydroxyl groups excluding tert-OH is 1. The molecule has 0 radical (unpaired) electrons. The molecule has 1 saturated carbocycles. The maximum absolute atomic E-state index is 13.4. The number of methoxy groups -OCH3 is 1. The van der Waals surface area contributed by atoms with E-state index in [-0.39, 0.29) is 30.1 Å². The van der Waals surface area contributed by atoms with Gasteiger partial charge in [0.1, 0.15) is 5.75 Å². The Bertz CT molecular complexity index is 1500. The van der Waals surface area contributed by atoms with E-state index in [1.54, 1.807) is 25.3 Å². The second-order valence-electron chi connectivity index (χ2n) is 12.6. The van der Waals surface area contributed by atoms with Gasteiger partial charge in [-0.05, 0) is 105 Å². The molecule has 0 unspecified atom stereocenters. The number of hydrogen-bond acceptors (Lipinski definition) is 7. The van der Waals surface area contributed by atoms with Crippen molar-refractivity contribution >= 4 is 33.2 Å². The van der Waals surface area contributed by atoms with Crippen LogP contribution in [0.25, 0.3) is 0 Å². The summed E-state index contributed by atoms with van der Waals surface area (Å²) in [5, 5.41) is 9.42. The van der Waals surface area contributed by atoms with Gasteiger partial charge in [0.15, 0.2) is 0 Å². The van der Waals surface area contributed by atoms with E-state index in [2.05, 4.69) is 27.8 Å². The summed E-state index contributed by atoms with van der Waals surface area (Å²) >= 11 is 6.40. The highest BCUT2D eigenvalue weighted by Gasteiger charge is 2.44. The van der Waals surface area contributed by atoms with Crippen molar-refractivity contribution in [3.8, 4) is 5.75 Å². The molecule has 5 atom stereocenters. The number of carbonyl (C=O) groups excluding carboxylic acids is 1. The molecular formula is C33H41ClN2O6S. The van der Waals surface area contributed by atoms with Gasteiger partial charge in [0.05, 0.1) is 23.6 Å². The topological polar surface area (TPSA) is 105 Å². The summed E-state index contributed by atoms with van der Waals surface area (Å²) in [7, 11) is -2.29. The Labute approximate surface area is 259 Å². The third-order valence-corrected chi connectivity index (χ3v) is 12.1. The first-order valence-corrected chi connectivity index (χ1v) is 17.3. The number of aliphatic hydroxyl groups is 1. The molecule has 0 saturated heterocycles. The zero-order valence-electron chi connectivity index (χ0n) is 24.6. The van der Waals surface area contributed by atoms with E-state index in [9.17, 15) is 18.3 Å². The number of halogens is 1. The van der Waals surface area contributed by atoms with Gasteiger partial charge in [0, 0.05) is 42.8 Å². The van der Waals surface area contributed by atoms with Crippen LogP contribution in [0, 0.1) is 11.8 Å². The van der Waals surface area contributed by atoms with Crippen LogP contribution in [0.2, 0.25) is 5.02 Å². The minimum absolute atomic E-state index is 0.0510. The Kier molecular flexibility index (Phi) is 8.79. The fraction of sp³-hybridized carbons (Fsp3) is 0.545. The number of aryl methyl sites for hydroxylation is 1. The second-order valence-corrected chi connectivity index (χ2v) is 15.0. The molecule has 1 spiro atoms. The molecule has 2 aromatic rings. The summed E-state index contributed by atoms with van der Waals surface area (Å²) in [5.74, 6) is 0.735. The molecule has 2 bridgehead atoms. The number of sulfonamides is 1. The van der Waals surface area contributed by atoms with Gasteiger partial charge in [-0.3, -0.25) is 4.79 Å². The van der Waals surface area contributed by atoms with Crippen LogP contribution < -0.4 is 14.4 Å². The number of nitrogens with zero attached hydrogens (tertiary/aromatic N) is 1. The molecule has 1 fully saturated rings. The zero-order valence-corrected chi connectivity index (χ0v) is 26.2. The predicted molar refractivity (Wildman–Crippen MR) is 167 cm³/mol. The molecule has 2 aliphatic heterocycles. The number of carbonyl (C=O) groups is 1. The number of benzene rings is 2. The number of fused-ring (bicyclic) bond motifs is 4. The Balaban J connectivity index is 1.42. The number of rotatable bonds is 3. The average Bonchev–Trinajstić information content (AvgIpc) is 3.12. The van der Waals surface area contributed by atoms with Crippen LogP contribution in [0.1, 0.15) is 66.4 Å². The van der Waals surface area contributed by atoms with Crippen molar-refractivity contribution in [1.82, 2.24) is 4.72 Å². The SMILES string of the molecule is CO[C@H]1/C=C/CC[C@@H](CCO)S(=O)(=O)NC(=O)c2ccc3c(c2)N(C[C@@H]2CC[C@H]21)C[C@@]1(CCCc2cc(Cl)ccc21)CO3. The van der Waals surface area contributed by atoms with Gasteiger partial charge >= 0.3 is 0 Å². The first kappa shape index (κ1) is 30.4. The van der Waals surface area contributed by atoms with Crippen molar-refractivity contribution in [3.05, 3.63) is 70.3 Å². The lowest BCUT2D eigenvalue weighted by molar-refractivity contribution is 0.0132. The van der Waals surface area contributed by atoms with Crippen LogP contribution in [0.4, 0.5) is 5.69 Å². The van der Waals surface area contributed by atoms with E-state index >= 15 is 0 Å². The number of allylic oxidation sites excluding steroid dienone is 1. The van der Waals surface area contributed by atoms with Crippen molar-refractivity contribution in [2.24, 2.45) is 11.8 Å². The Morgan fingerprint density at radius 2 is 2.05 bits per heavy atom. The Morgan fingerprint density at radius 1 is 1.19 bits per heavy atom. The highest BCUT2D eigenvalue weighted by molar-refractivity contribution is 7.90. The maximum atomic E-state index is 13.4. The molecule has 6 rings (SSSR count). The van der Waals surface area contributed by atoms with Crippen LogP contribution in [-0.4, -0.2) is 64.2 Å². The van der Waals surface area contributed by atoms with Gasteiger partial charge < -0.3 is 19.5 Å². The van der Waals surface area contributed by atoms with E-state index < -0.39 is 21.2 Å². The molecule has 2 N–H and O–H groups in total. The van der Waals surface area contributed by atoms with E-state index in [0.29, 0.717) is 43.6 Å². The summed E-state index contributed by atoms with van der Waals surface area (Å²) in [6.45, 7) is 1.72. The van der Waals surface area contributed by atoms with Crippen molar-refractivity contribution in [2.75, 3.05) is 38.3 Å². The predicted octanol–water partition coefficient (Wildman–Crippen LogP) is 5.01. The zero-order chi connectivity index (χ0) is 30.2. The molecule has 2 heterocycles. The van der Waals surface area contributed by atoms with Gasteiger partial charge in [0.25, 0.3) is 5.91 Å². The third-order valence-electron chi connectivity index (χ3n) is 10.0. The Morgan fingerprint density at radius 3 is 2.81 bits per heavy atom.